The number of hydrogen-bond donors (Lipinski definition) is 1. The average Bonchev–Trinajstić information content (AvgIpc) is 2.49. The Morgan fingerprint density at radius 2 is 2.14 bits per heavy atom. The summed E-state index contributed by atoms with van der Waals surface area (Å²) in [7, 11) is 0. The lowest BCUT2D eigenvalue weighted by molar-refractivity contribution is 0.0701. The summed E-state index contributed by atoms with van der Waals surface area (Å²) in [5, 5.41) is 3.95. The Bertz CT molecular complexity index is 516. The molecule has 0 saturated carbocycles. The Labute approximate surface area is 136 Å². The predicted molar refractivity (Wildman–Crippen MR) is 86.3 cm³/mol. The lowest BCUT2D eigenvalue weighted by Crippen LogP contribution is -2.43. The van der Waals surface area contributed by atoms with Gasteiger partial charge in [-0.05, 0) is 33.1 Å². The van der Waals surface area contributed by atoms with Crippen molar-refractivity contribution in [1.82, 2.24) is 14.9 Å². The minimum atomic E-state index is -0.234. The molecule has 0 aromatic carbocycles. The van der Waals surface area contributed by atoms with Gasteiger partial charge in [-0.2, -0.15) is 0 Å². The number of rotatable bonds is 4. The van der Waals surface area contributed by atoms with E-state index in [2.05, 4.69) is 15.3 Å². The van der Waals surface area contributed by atoms with Crippen LogP contribution in [-0.4, -0.2) is 46.2 Å². The van der Waals surface area contributed by atoms with Gasteiger partial charge in [0.25, 0.3) is 0 Å². The number of aromatic nitrogens is 2. The Balaban J connectivity index is 1.89. The molecule has 0 aliphatic carbocycles. The first-order valence-electron chi connectivity index (χ1n) is 7.72. The third-order valence-electron chi connectivity index (χ3n) is 3.63. The number of piperidine rings is 1. The summed E-state index contributed by atoms with van der Waals surface area (Å²) in [4.78, 5) is 22.0. The normalized spacial score (nSPS) is 16.0. The fourth-order valence-corrected chi connectivity index (χ4v) is 2.72. The van der Waals surface area contributed by atoms with E-state index >= 15 is 0 Å². The summed E-state index contributed by atoms with van der Waals surface area (Å²) in [5.74, 6) is 0.678. The van der Waals surface area contributed by atoms with E-state index in [9.17, 15) is 4.79 Å². The quantitative estimate of drug-likeness (QED) is 0.920. The van der Waals surface area contributed by atoms with Crippen LogP contribution in [-0.2, 0) is 11.2 Å². The molecule has 0 atom stereocenters. The largest absolute Gasteiger partial charge is 0.447 e. The molecule has 0 spiro atoms. The fraction of sp³-hybridized carbons (Fsp3) is 0.667. The molecule has 0 unspecified atom stereocenters. The average molecular weight is 327 g/mol. The van der Waals surface area contributed by atoms with Crippen molar-refractivity contribution in [2.24, 2.45) is 0 Å². The molecule has 6 nitrogen and oxygen atoms in total. The van der Waals surface area contributed by atoms with Gasteiger partial charge in [0, 0.05) is 19.1 Å². The van der Waals surface area contributed by atoms with Gasteiger partial charge in [0.05, 0.1) is 11.8 Å². The molecule has 1 fully saturated rings. The number of nitrogens with zero attached hydrogens (tertiary/aromatic N) is 3. The van der Waals surface area contributed by atoms with E-state index in [0.29, 0.717) is 23.9 Å². The van der Waals surface area contributed by atoms with Crippen LogP contribution in [0.5, 0.6) is 0 Å². The smallest absolute Gasteiger partial charge is 0.410 e. The Hall–Kier alpha value is -1.56. The topological polar surface area (TPSA) is 67.4 Å². The molecule has 2 heterocycles. The maximum absolute atomic E-state index is 11.9. The first-order valence-corrected chi connectivity index (χ1v) is 8.10. The van der Waals surface area contributed by atoms with E-state index in [4.69, 9.17) is 16.3 Å². The number of anilines is 1. The SMILES string of the molecule is CCc1ncnc(NC2CCN(C(=O)OC(C)C)CC2)c1Cl. The van der Waals surface area contributed by atoms with Crippen LogP contribution in [0.2, 0.25) is 5.02 Å². The highest BCUT2D eigenvalue weighted by atomic mass is 35.5. The summed E-state index contributed by atoms with van der Waals surface area (Å²) in [6, 6.07) is 0.250. The van der Waals surface area contributed by atoms with Crippen LogP contribution in [0.3, 0.4) is 0 Å². The third-order valence-corrected chi connectivity index (χ3v) is 4.02. The highest BCUT2D eigenvalue weighted by molar-refractivity contribution is 6.33. The maximum Gasteiger partial charge on any atom is 0.410 e. The predicted octanol–water partition coefficient (Wildman–Crippen LogP) is 3.11. The van der Waals surface area contributed by atoms with E-state index < -0.39 is 0 Å². The maximum atomic E-state index is 11.9. The second-order valence-electron chi connectivity index (χ2n) is 5.67. The molecule has 1 aromatic heterocycles. The summed E-state index contributed by atoms with van der Waals surface area (Å²) in [5.41, 5.74) is 0.845. The van der Waals surface area contributed by atoms with Crippen LogP contribution in [0, 0.1) is 0 Å². The third kappa shape index (κ3) is 4.22. The monoisotopic (exact) mass is 326 g/mol. The second-order valence-corrected chi connectivity index (χ2v) is 6.05. The molecule has 1 amide bonds. The van der Waals surface area contributed by atoms with Crippen molar-refractivity contribution in [3.8, 4) is 0 Å². The number of hydrogen-bond acceptors (Lipinski definition) is 5. The van der Waals surface area contributed by atoms with Crippen molar-refractivity contribution in [1.29, 1.82) is 0 Å². The molecule has 1 N–H and O–H groups in total. The van der Waals surface area contributed by atoms with Gasteiger partial charge in [0.1, 0.15) is 17.2 Å². The zero-order valence-corrected chi connectivity index (χ0v) is 14.1. The van der Waals surface area contributed by atoms with E-state index in [1.54, 1.807) is 4.90 Å². The second kappa shape index (κ2) is 7.63. The highest BCUT2D eigenvalue weighted by Gasteiger charge is 2.25. The first-order chi connectivity index (χ1) is 10.5. The molecule has 22 heavy (non-hydrogen) atoms. The van der Waals surface area contributed by atoms with E-state index in [-0.39, 0.29) is 18.2 Å². The molecule has 1 aliphatic heterocycles. The van der Waals surface area contributed by atoms with Crippen molar-refractivity contribution in [3.05, 3.63) is 17.0 Å². The zero-order chi connectivity index (χ0) is 16.1. The van der Waals surface area contributed by atoms with Crippen molar-refractivity contribution in [2.45, 2.75) is 52.2 Å². The number of halogens is 1. The number of aryl methyl sites for hydroxylation is 1. The van der Waals surface area contributed by atoms with Gasteiger partial charge >= 0.3 is 6.09 Å². The van der Waals surface area contributed by atoms with Crippen molar-refractivity contribution in [2.75, 3.05) is 18.4 Å². The van der Waals surface area contributed by atoms with E-state index in [0.717, 1.165) is 25.0 Å². The number of ether oxygens (including phenoxy) is 1. The molecule has 0 bridgehead atoms. The summed E-state index contributed by atoms with van der Waals surface area (Å²) in [6.45, 7) is 7.07. The fourth-order valence-electron chi connectivity index (χ4n) is 2.43. The van der Waals surface area contributed by atoms with Crippen LogP contribution < -0.4 is 5.32 Å². The molecule has 7 heteroatoms. The molecule has 1 saturated heterocycles. The molecule has 2 rings (SSSR count). The number of carbonyl (C=O) groups is 1. The minimum Gasteiger partial charge on any atom is -0.447 e. The van der Waals surface area contributed by atoms with Crippen LogP contribution in [0.25, 0.3) is 0 Å². The van der Waals surface area contributed by atoms with Crippen LogP contribution in [0.1, 0.15) is 39.3 Å². The summed E-state index contributed by atoms with van der Waals surface area (Å²) < 4.78 is 5.22. The van der Waals surface area contributed by atoms with Gasteiger partial charge in [-0.25, -0.2) is 14.8 Å². The van der Waals surface area contributed by atoms with Crippen molar-refractivity contribution in [3.63, 3.8) is 0 Å². The Morgan fingerprint density at radius 3 is 2.73 bits per heavy atom. The van der Waals surface area contributed by atoms with E-state index in [1.807, 2.05) is 20.8 Å². The number of nitrogens with one attached hydrogen (secondary N) is 1. The molecule has 122 valence electrons. The first kappa shape index (κ1) is 16.8. The Morgan fingerprint density at radius 1 is 1.45 bits per heavy atom. The van der Waals surface area contributed by atoms with Crippen molar-refractivity contribution >= 4 is 23.5 Å². The number of amides is 1. The lowest BCUT2D eigenvalue weighted by Gasteiger charge is -2.32. The van der Waals surface area contributed by atoms with Crippen LogP contribution >= 0.6 is 11.6 Å². The summed E-state index contributed by atoms with van der Waals surface area (Å²) >= 11 is 6.29. The van der Waals surface area contributed by atoms with Crippen LogP contribution in [0.15, 0.2) is 6.33 Å². The van der Waals surface area contributed by atoms with Gasteiger partial charge < -0.3 is 15.0 Å². The zero-order valence-electron chi connectivity index (χ0n) is 13.3. The number of likely N-dealkylation sites (tertiary alicyclic amines) is 1. The lowest BCUT2D eigenvalue weighted by atomic mass is 10.1. The molecular weight excluding hydrogens is 304 g/mol. The minimum absolute atomic E-state index is 0.0874. The van der Waals surface area contributed by atoms with Gasteiger partial charge in [-0.15, -0.1) is 0 Å². The summed E-state index contributed by atoms with van der Waals surface area (Å²) in [6.07, 6.45) is 3.67. The molecule has 0 radical (unpaired) electrons. The standard InChI is InChI=1S/C15H23ClN4O2/c1-4-12-13(16)14(18-9-17-12)19-11-5-7-20(8-6-11)15(21)22-10(2)3/h9-11H,4-8H2,1-3H3,(H,17,18,19). The van der Waals surface area contributed by atoms with Gasteiger partial charge in [-0.3, -0.25) is 0 Å². The van der Waals surface area contributed by atoms with Gasteiger partial charge in [-0.1, -0.05) is 18.5 Å². The van der Waals surface area contributed by atoms with Gasteiger partial charge in [0.2, 0.25) is 0 Å². The highest BCUT2D eigenvalue weighted by Crippen LogP contribution is 2.25. The van der Waals surface area contributed by atoms with Crippen molar-refractivity contribution < 1.29 is 9.53 Å². The molecule has 1 aromatic rings. The van der Waals surface area contributed by atoms with Gasteiger partial charge in [0.15, 0.2) is 0 Å². The molecule has 1 aliphatic rings. The van der Waals surface area contributed by atoms with E-state index in [1.165, 1.54) is 6.33 Å². The molecular formula is C15H23ClN4O2. The van der Waals surface area contributed by atoms with Crippen LogP contribution in [0.4, 0.5) is 10.6 Å². The number of carbonyl (C=O) groups excluding carboxylic acids is 1. The Kier molecular flexibility index (Phi) is 5.83.